The van der Waals surface area contributed by atoms with Gasteiger partial charge in [0.15, 0.2) is 11.5 Å². The fourth-order valence-corrected chi connectivity index (χ4v) is 4.90. The summed E-state index contributed by atoms with van der Waals surface area (Å²) >= 11 is 6.19. The molecule has 2 fully saturated rings. The molecule has 2 aliphatic rings. The van der Waals surface area contributed by atoms with Crippen molar-refractivity contribution in [2.75, 3.05) is 13.2 Å². The van der Waals surface area contributed by atoms with Crippen molar-refractivity contribution in [3.05, 3.63) is 23.9 Å². The summed E-state index contributed by atoms with van der Waals surface area (Å²) in [5.74, 6) is 3.45. The molecule has 4 heterocycles. The van der Waals surface area contributed by atoms with Crippen LogP contribution in [-0.2, 0) is 28.6 Å². The molecule has 32 heavy (non-hydrogen) atoms. The summed E-state index contributed by atoms with van der Waals surface area (Å²) in [6.07, 6.45) is 5.46. The minimum absolute atomic E-state index is 0.216. The van der Waals surface area contributed by atoms with Crippen LogP contribution in [0.5, 0.6) is 0 Å². The first-order chi connectivity index (χ1) is 15.4. The van der Waals surface area contributed by atoms with E-state index in [1.807, 2.05) is 12.3 Å². The smallest absolute Gasteiger partial charge is 0.167 e. The fraction of sp³-hybridized carbons (Fsp3) is 0.636. The predicted octanol–water partition coefficient (Wildman–Crippen LogP) is 4.41. The highest BCUT2D eigenvalue weighted by Gasteiger charge is 2.31. The standard InChI is InChI=1S/C22H31ClN6O2Si/c1-32(2,3)9-8-30-14-29-20(15-4-5-15)26-27-21(29)16-10-18-22(24-12-16)28(19(11-23)25-18)13-17-6-7-31-17/h10,12,15,17H,4-9,11,13-14H2,1-3H3/t17-/m0/s1. The van der Waals surface area contributed by atoms with Gasteiger partial charge in [0.1, 0.15) is 23.9 Å². The number of halogens is 1. The molecule has 3 aromatic rings. The maximum atomic E-state index is 6.19. The van der Waals surface area contributed by atoms with Gasteiger partial charge in [-0.1, -0.05) is 19.6 Å². The summed E-state index contributed by atoms with van der Waals surface area (Å²) in [5, 5.41) is 9.03. The van der Waals surface area contributed by atoms with E-state index >= 15 is 0 Å². The first kappa shape index (κ1) is 22.0. The molecular weight excluding hydrogens is 444 g/mol. The number of alkyl halides is 1. The van der Waals surface area contributed by atoms with Crippen molar-refractivity contribution < 1.29 is 9.47 Å². The van der Waals surface area contributed by atoms with Gasteiger partial charge in [-0.3, -0.25) is 4.57 Å². The monoisotopic (exact) mass is 474 g/mol. The minimum atomic E-state index is -1.13. The van der Waals surface area contributed by atoms with E-state index in [0.29, 0.717) is 18.5 Å². The Balaban J connectivity index is 1.42. The third-order valence-corrected chi connectivity index (χ3v) is 8.10. The highest BCUT2D eigenvalue weighted by Crippen LogP contribution is 2.40. The summed E-state index contributed by atoms with van der Waals surface area (Å²) in [6, 6.07) is 3.18. The van der Waals surface area contributed by atoms with E-state index < -0.39 is 8.07 Å². The molecule has 0 unspecified atom stereocenters. The van der Waals surface area contributed by atoms with Crippen LogP contribution < -0.4 is 0 Å². The quantitative estimate of drug-likeness (QED) is 0.246. The van der Waals surface area contributed by atoms with Gasteiger partial charge in [0, 0.05) is 39.0 Å². The topological polar surface area (TPSA) is 79.9 Å². The Morgan fingerprint density at radius 2 is 2.00 bits per heavy atom. The van der Waals surface area contributed by atoms with Gasteiger partial charge in [0.2, 0.25) is 0 Å². The van der Waals surface area contributed by atoms with Crippen LogP contribution in [0.25, 0.3) is 22.6 Å². The summed E-state index contributed by atoms with van der Waals surface area (Å²) in [5.41, 5.74) is 2.55. The van der Waals surface area contributed by atoms with Crippen molar-refractivity contribution >= 4 is 30.8 Å². The van der Waals surface area contributed by atoms with E-state index in [1.54, 1.807) is 0 Å². The number of hydrogen-bond donors (Lipinski definition) is 0. The lowest BCUT2D eigenvalue weighted by atomic mass is 10.2. The lowest BCUT2D eigenvalue weighted by Crippen LogP contribution is -2.31. The second kappa shape index (κ2) is 8.85. The summed E-state index contributed by atoms with van der Waals surface area (Å²) in [6.45, 7) is 9.88. The van der Waals surface area contributed by atoms with Gasteiger partial charge < -0.3 is 14.0 Å². The Morgan fingerprint density at radius 1 is 1.19 bits per heavy atom. The molecule has 1 saturated heterocycles. The molecular formula is C22H31ClN6O2Si. The van der Waals surface area contributed by atoms with E-state index in [-0.39, 0.29) is 6.10 Å². The summed E-state index contributed by atoms with van der Waals surface area (Å²) < 4.78 is 15.9. The van der Waals surface area contributed by atoms with Gasteiger partial charge in [-0.05, 0) is 31.4 Å². The van der Waals surface area contributed by atoms with Gasteiger partial charge >= 0.3 is 0 Å². The molecule has 1 aliphatic carbocycles. The second-order valence-electron chi connectivity index (χ2n) is 10.1. The zero-order chi connectivity index (χ0) is 22.3. The number of aromatic nitrogens is 6. The number of hydrogen-bond acceptors (Lipinski definition) is 6. The third-order valence-electron chi connectivity index (χ3n) is 6.16. The highest BCUT2D eigenvalue weighted by molar-refractivity contribution is 6.76. The Bertz CT molecular complexity index is 1100. The molecule has 1 atom stereocenters. The third kappa shape index (κ3) is 4.62. The molecule has 1 saturated carbocycles. The van der Waals surface area contributed by atoms with Gasteiger partial charge in [0.05, 0.1) is 18.5 Å². The van der Waals surface area contributed by atoms with Gasteiger partial charge in [-0.2, -0.15) is 0 Å². The van der Waals surface area contributed by atoms with Crippen molar-refractivity contribution in [2.45, 2.75) is 76.1 Å². The zero-order valence-electron chi connectivity index (χ0n) is 19.1. The van der Waals surface area contributed by atoms with Gasteiger partial charge in [-0.15, -0.1) is 21.8 Å². The number of nitrogens with zero attached hydrogens (tertiary/aromatic N) is 6. The lowest BCUT2D eigenvalue weighted by Gasteiger charge is -2.27. The molecule has 0 radical (unpaired) electrons. The molecule has 0 aromatic carbocycles. The molecule has 0 N–H and O–H groups in total. The number of rotatable bonds is 10. The average Bonchev–Trinajstić information content (AvgIpc) is 3.38. The lowest BCUT2D eigenvalue weighted by molar-refractivity contribution is -0.0590. The van der Waals surface area contributed by atoms with Crippen molar-refractivity contribution in [2.24, 2.45) is 0 Å². The zero-order valence-corrected chi connectivity index (χ0v) is 20.8. The van der Waals surface area contributed by atoms with Crippen molar-refractivity contribution in [1.82, 2.24) is 29.3 Å². The molecule has 172 valence electrons. The van der Waals surface area contributed by atoms with Crippen molar-refractivity contribution in [1.29, 1.82) is 0 Å². The number of pyridine rings is 1. The minimum Gasteiger partial charge on any atom is -0.376 e. The largest absolute Gasteiger partial charge is 0.376 e. The molecule has 0 bridgehead atoms. The first-order valence-electron chi connectivity index (χ1n) is 11.5. The maximum absolute atomic E-state index is 6.19. The predicted molar refractivity (Wildman–Crippen MR) is 127 cm³/mol. The Labute approximate surface area is 194 Å². The molecule has 1 aliphatic heterocycles. The summed E-state index contributed by atoms with van der Waals surface area (Å²) in [4.78, 5) is 9.49. The average molecular weight is 475 g/mol. The van der Waals surface area contributed by atoms with Crippen LogP contribution in [0, 0.1) is 0 Å². The van der Waals surface area contributed by atoms with E-state index in [9.17, 15) is 0 Å². The maximum Gasteiger partial charge on any atom is 0.167 e. The molecule has 8 nitrogen and oxygen atoms in total. The van der Waals surface area contributed by atoms with E-state index in [0.717, 1.165) is 79.3 Å². The van der Waals surface area contributed by atoms with Gasteiger partial charge in [-0.25, -0.2) is 9.97 Å². The van der Waals surface area contributed by atoms with Crippen LogP contribution >= 0.6 is 11.6 Å². The van der Waals surface area contributed by atoms with E-state index in [4.69, 9.17) is 31.0 Å². The van der Waals surface area contributed by atoms with Crippen molar-refractivity contribution in [3.8, 4) is 11.4 Å². The molecule has 0 amide bonds. The Morgan fingerprint density at radius 3 is 2.66 bits per heavy atom. The summed E-state index contributed by atoms with van der Waals surface area (Å²) in [7, 11) is -1.13. The Kier molecular flexibility index (Phi) is 6.09. The van der Waals surface area contributed by atoms with Crippen LogP contribution in [0.1, 0.15) is 36.8 Å². The SMILES string of the molecule is C[Si](C)(C)CCOCn1c(-c2cnc3c(c2)nc(CCl)n3C[C@@H]2CCO2)nnc1C1CC1. The van der Waals surface area contributed by atoms with Gasteiger partial charge in [0.25, 0.3) is 0 Å². The highest BCUT2D eigenvalue weighted by atomic mass is 35.5. The normalized spacial score (nSPS) is 18.9. The molecule has 0 spiro atoms. The number of imidazole rings is 1. The Hall–Kier alpha value is -1.81. The van der Waals surface area contributed by atoms with Crippen LogP contribution in [0.2, 0.25) is 25.7 Å². The molecule has 5 rings (SSSR count). The van der Waals surface area contributed by atoms with Crippen LogP contribution in [0.15, 0.2) is 12.3 Å². The number of fused-ring (bicyclic) bond motifs is 1. The second-order valence-corrected chi connectivity index (χ2v) is 15.9. The van der Waals surface area contributed by atoms with E-state index in [1.165, 1.54) is 0 Å². The molecule has 3 aromatic heterocycles. The van der Waals surface area contributed by atoms with E-state index in [2.05, 4.69) is 39.0 Å². The van der Waals surface area contributed by atoms with Crippen LogP contribution in [0.4, 0.5) is 0 Å². The first-order valence-corrected chi connectivity index (χ1v) is 15.7. The van der Waals surface area contributed by atoms with Crippen LogP contribution in [0.3, 0.4) is 0 Å². The molecule has 10 heteroatoms. The number of ether oxygens (including phenoxy) is 2. The van der Waals surface area contributed by atoms with Crippen LogP contribution in [-0.4, -0.2) is 56.7 Å². The van der Waals surface area contributed by atoms with Crippen molar-refractivity contribution in [3.63, 3.8) is 0 Å². The fourth-order valence-electron chi connectivity index (χ4n) is 3.94.